The molecule has 0 aliphatic carbocycles. The molecule has 0 aromatic heterocycles. The van der Waals surface area contributed by atoms with Crippen molar-refractivity contribution >= 4 is 11.6 Å². The molecule has 2 rings (SSSR count). The van der Waals surface area contributed by atoms with E-state index in [-0.39, 0.29) is 11.7 Å². The van der Waals surface area contributed by atoms with Gasteiger partial charge < -0.3 is 15.2 Å². The van der Waals surface area contributed by atoms with Gasteiger partial charge in [-0.1, -0.05) is 23.7 Å². The van der Waals surface area contributed by atoms with Crippen LogP contribution in [0.15, 0.2) is 36.4 Å². The van der Waals surface area contributed by atoms with E-state index in [1.165, 1.54) is 12.1 Å². The fourth-order valence-corrected chi connectivity index (χ4v) is 2.78. The first-order chi connectivity index (χ1) is 10.6. The lowest BCUT2D eigenvalue weighted by molar-refractivity contribution is 0.354. The number of hydrogen-bond donors (Lipinski definition) is 1. The first kappa shape index (κ1) is 16.6. The summed E-state index contributed by atoms with van der Waals surface area (Å²) < 4.78 is 23.9. The minimum absolute atomic E-state index is 0.00451. The SMILES string of the molecule is COc1cc(CC(CN)c2cccc(F)c2)cc(Cl)c1OC. The highest BCUT2D eigenvalue weighted by molar-refractivity contribution is 6.32. The Bertz CT molecular complexity index is 649. The van der Waals surface area contributed by atoms with Gasteiger partial charge in [0.1, 0.15) is 5.82 Å². The number of nitrogens with two attached hydrogens (primary N) is 1. The van der Waals surface area contributed by atoms with Gasteiger partial charge in [-0.2, -0.15) is 0 Å². The lowest BCUT2D eigenvalue weighted by atomic mass is 9.92. The third-order valence-electron chi connectivity index (χ3n) is 3.58. The van der Waals surface area contributed by atoms with E-state index in [4.69, 9.17) is 26.8 Å². The molecule has 2 aromatic rings. The van der Waals surface area contributed by atoms with E-state index in [9.17, 15) is 4.39 Å². The molecule has 0 saturated heterocycles. The number of benzene rings is 2. The molecule has 0 heterocycles. The minimum Gasteiger partial charge on any atom is -0.493 e. The van der Waals surface area contributed by atoms with E-state index in [1.54, 1.807) is 20.3 Å². The van der Waals surface area contributed by atoms with Gasteiger partial charge in [0.2, 0.25) is 0 Å². The fraction of sp³-hybridized carbons (Fsp3) is 0.294. The van der Waals surface area contributed by atoms with E-state index >= 15 is 0 Å². The zero-order valence-corrected chi connectivity index (χ0v) is 13.4. The summed E-state index contributed by atoms with van der Waals surface area (Å²) in [4.78, 5) is 0. The molecule has 0 saturated carbocycles. The first-order valence-corrected chi connectivity index (χ1v) is 7.32. The maximum atomic E-state index is 13.4. The quantitative estimate of drug-likeness (QED) is 0.880. The Kier molecular flexibility index (Phi) is 5.63. The van der Waals surface area contributed by atoms with Crippen molar-refractivity contribution in [2.24, 2.45) is 5.73 Å². The van der Waals surface area contributed by atoms with Gasteiger partial charge in [0.15, 0.2) is 11.5 Å². The third kappa shape index (κ3) is 3.70. The van der Waals surface area contributed by atoms with Crippen LogP contribution in [0.1, 0.15) is 17.0 Å². The Morgan fingerprint density at radius 1 is 1.18 bits per heavy atom. The Labute approximate surface area is 134 Å². The van der Waals surface area contributed by atoms with Crippen molar-refractivity contribution in [3.63, 3.8) is 0 Å². The molecule has 0 fully saturated rings. The maximum absolute atomic E-state index is 13.4. The molecule has 118 valence electrons. The van der Waals surface area contributed by atoms with Crippen LogP contribution in [0.2, 0.25) is 5.02 Å². The molecule has 2 aromatic carbocycles. The van der Waals surface area contributed by atoms with Crippen LogP contribution in [0.25, 0.3) is 0 Å². The van der Waals surface area contributed by atoms with Crippen molar-refractivity contribution in [1.29, 1.82) is 0 Å². The van der Waals surface area contributed by atoms with Crippen molar-refractivity contribution in [3.8, 4) is 11.5 Å². The molecule has 5 heteroatoms. The number of methoxy groups -OCH3 is 2. The molecule has 0 aliphatic heterocycles. The van der Waals surface area contributed by atoms with Crippen molar-refractivity contribution in [3.05, 3.63) is 58.4 Å². The molecular weight excluding hydrogens is 305 g/mol. The van der Waals surface area contributed by atoms with E-state index in [0.29, 0.717) is 29.5 Å². The van der Waals surface area contributed by atoms with Gasteiger partial charge in [-0.05, 0) is 48.4 Å². The molecule has 3 nitrogen and oxygen atoms in total. The van der Waals surface area contributed by atoms with Crippen molar-refractivity contribution in [2.75, 3.05) is 20.8 Å². The van der Waals surface area contributed by atoms with Gasteiger partial charge in [-0.25, -0.2) is 4.39 Å². The molecule has 1 atom stereocenters. The summed E-state index contributed by atoms with van der Waals surface area (Å²) >= 11 is 6.22. The van der Waals surface area contributed by atoms with Crippen LogP contribution in [0.5, 0.6) is 11.5 Å². The Morgan fingerprint density at radius 3 is 2.55 bits per heavy atom. The Morgan fingerprint density at radius 2 is 1.95 bits per heavy atom. The summed E-state index contributed by atoms with van der Waals surface area (Å²) in [6.07, 6.45) is 0.639. The highest BCUT2D eigenvalue weighted by Gasteiger charge is 2.16. The van der Waals surface area contributed by atoms with E-state index in [2.05, 4.69) is 0 Å². The predicted octanol–water partition coefficient (Wildman–Crippen LogP) is 3.78. The fourth-order valence-electron chi connectivity index (χ4n) is 2.47. The average Bonchev–Trinajstić information content (AvgIpc) is 2.51. The van der Waals surface area contributed by atoms with Crippen molar-refractivity contribution in [2.45, 2.75) is 12.3 Å². The first-order valence-electron chi connectivity index (χ1n) is 6.95. The maximum Gasteiger partial charge on any atom is 0.179 e. The predicted molar refractivity (Wildman–Crippen MR) is 86.5 cm³/mol. The van der Waals surface area contributed by atoms with Gasteiger partial charge in [0.25, 0.3) is 0 Å². The van der Waals surface area contributed by atoms with Crippen LogP contribution in [0.4, 0.5) is 4.39 Å². The van der Waals surface area contributed by atoms with Crippen LogP contribution >= 0.6 is 11.6 Å². The highest BCUT2D eigenvalue weighted by atomic mass is 35.5. The molecule has 22 heavy (non-hydrogen) atoms. The van der Waals surface area contributed by atoms with Crippen molar-refractivity contribution < 1.29 is 13.9 Å². The number of ether oxygens (including phenoxy) is 2. The second kappa shape index (κ2) is 7.47. The van der Waals surface area contributed by atoms with Crippen LogP contribution < -0.4 is 15.2 Å². The summed E-state index contributed by atoms with van der Waals surface area (Å²) in [6.45, 7) is 0.412. The zero-order chi connectivity index (χ0) is 16.1. The lowest BCUT2D eigenvalue weighted by Crippen LogP contribution is -2.15. The summed E-state index contributed by atoms with van der Waals surface area (Å²) in [7, 11) is 3.10. The van der Waals surface area contributed by atoms with E-state index < -0.39 is 0 Å². The second-order valence-corrected chi connectivity index (χ2v) is 5.41. The van der Waals surface area contributed by atoms with Gasteiger partial charge in [0.05, 0.1) is 19.2 Å². The lowest BCUT2D eigenvalue weighted by Gasteiger charge is -2.17. The number of rotatable bonds is 6. The van der Waals surface area contributed by atoms with Crippen LogP contribution in [0.3, 0.4) is 0 Å². The standard InChI is InChI=1S/C17H19ClFNO2/c1-21-16-8-11(7-15(18)17(16)22-2)6-13(10-20)12-4-3-5-14(19)9-12/h3-5,7-9,13H,6,10,20H2,1-2H3. The number of hydrogen-bond acceptors (Lipinski definition) is 3. The van der Waals surface area contributed by atoms with Crippen LogP contribution in [-0.2, 0) is 6.42 Å². The topological polar surface area (TPSA) is 44.5 Å². The molecule has 0 bridgehead atoms. The summed E-state index contributed by atoms with van der Waals surface area (Å²) in [5.74, 6) is 0.814. The van der Waals surface area contributed by atoms with E-state index in [0.717, 1.165) is 11.1 Å². The van der Waals surface area contributed by atoms with Gasteiger partial charge in [-0.3, -0.25) is 0 Å². The Hall–Kier alpha value is -1.78. The van der Waals surface area contributed by atoms with Gasteiger partial charge in [0, 0.05) is 5.92 Å². The molecule has 0 radical (unpaired) electrons. The highest BCUT2D eigenvalue weighted by Crippen LogP contribution is 2.37. The second-order valence-electron chi connectivity index (χ2n) is 5.00. The number of halogens is 2. The van der Waals surface area contributed by atoms with Crippen LogP contribution in [-0.4, -0.2) is 20.8 Å². The molecule has 0 amide bonds. The summed E-state index contributed by atoms with van der Waals surface area (Å²) in [5.41, 5.74) is 7.69. The monoisotopic (exact) mass is 323 g/mol. The van der Waals surface area contributed by atoms with E-state index in [1.807, 2.05) is 18.2 Å². The smallest absolute Gasteiger partial charge is 0.179 e. The molecule has 0 aliphatic rings. The Balaban J connectivity index is 2.30. The summed E-state index contributed by atoms with van der Waals surface area (Å²) in [6, 6.07) is 10.2. The summed E-state index contributed by atoms with van der Waals surface area (Å²) in [5, 5.41) is 0.479. The van der Waals surface area contributed by atoms with Gasteiger partial charge >= 0.3 is 0 Å². The van der Waals surface area contributed by atoms with Crippen LogP contribution in [0, 0.1) is 5.82 Å². The zero-order valence-electron chi connectivity index (χ0n) is 12.6. The molecule has 1 unspecified atom stereocenters. The molecular formula is C17H19ClFNO2. The normalized spacial score (nSPS) is 12.0. The molecule has 0 spiro atoms. The minimum atomic E-state index is -0.263. The third-order valence-corrected chi connectivity index (χ3v) is 3.86. The van der Waals surface area contributed by atoms with Crippen molar-refractivity contribution in [1.82, 2.24) is 0 Å². The average molecular weight is 324 g/mol. The van der Waals surface area contributed by atoms with Gasteiger partial charge in [-0.15, -0.1) is 0 Å². The molecule has 2 N–H and O–H groups in total. The largest absolute Gasteiger partial charge is 0.493 e.